The number of hydrogen-bond acceptors (Lipinski definition) is 5. The second kappa shape index (κ2) is 5.35. The number of carbonyl (C=O) groups excluding carboxylic acids is 1. The van der Waals surface area contributed by atoms with Crippen LogP contribution in [0.5, 0.6) is 0 Å². The van der Waals surface area contributed by atoms with Gasteiger partial charge in [-0.05, 0) is 6.92 Å². The van der Waals surface area contributed by atoms with Crippen molar-refractivity contribution in [2.75, 3.05) is 12.3 Å². The minimum atomic E-state index is -0.490. The number of nitrogens with zero attached hydrogens (tertiary/aromatic N) is 3. The van der Waals surface area contributed by atoms with E-state index in [2.05, 4.69) is 15.0 Å². The largest absolute Gasteiger partial charge is 0.461 e. The lowest BCUT2D eigenvalue weighted by Gasteiger charge is -2.04. The van der Waals surface area contributed by atoms with Gasteiger partial charge in [0.25, 0.3) is 0 Å². The fourth-order valence-electron chi connectivity index (χ4n) is 1.59. The highest BCUT2D eigenvalue weighted by atomic mass is 16.5. The zero-order chi connectivity index (χ0) is 13.0. The molecule has 0 saturated heterocycles. The molecule has 2 heterocycles. The summed E-state index contributed by atoms with van der Waals surface area (Å²) in [5.41, 5.74) is 7.02. The van der Waals surface area contributed by atoms with Crippen LogP contribution in [-0.2, 0) is 17.7 Å². The van der Waals surface area contributed by atoms with Crippen molar-refractivity contribution in [1.82, 2.24) is 19.5 Å². The number of esters is 1. The van der Waals surface area contributed by atoms with Crippen LogP contribution in [0.25, 0.3) is 0 Å². The van der Waals surface area contributed by atoms with Gasteiger partial charge < -0.3 is 20.0 Å². The normalized spacial score (nSPS) is 10.5. The van der Waals surface area contributed by atoms with Crippen molar-refractivity contribution in [3.63, 3.8) is 0 Å². The van der Waals surface area contributed by atoms with E-state index >= 15 is 0 Å². The Labute approximate surface area is 104 Å². The number of H-pyrrole nitrogens is 1. The Hall–Kier alpha value is -2.31. The Balaban J connectivity index is 2.04. The molecular weight excluding hydrogens is 234 g/mol. The highest BCUT2D eigenvalue weighted by Crippen LogP contribution is 2.12. The summed E-state index contributed by atoms with van der Waals surface area (Å²) < 4.78 is 6.58. The number of nitrogen functional groups attached to an aromatic ring is 1. The number of aromatic nitrogens is 4. The summed E-state index contributed by atoms with van der Waals surface area (Å²) >= 11 is 0. The summed E-state index contributed by atoms with van der Waals surface area (Å²) in [4.78, 5) is 22.4. The summed E-state index contributed by atoms with van der Waals surface area (Å²) in [6.45, 7) is 2.67. The van der Waals surface area contributed by atoms with Gasteiger partial charge in [-0.3, -0.25) is 0 Å². The van der Waals surface area contributed by atoms with Crippen LogP contribution in [0.4, 0.5) is 5.82 Å². The number of nitrogens with two attached hydrogens (primary N) is 1. The van der Waals surface area contributed by atoms with E-state index in [0.717, 1.165) is 12.1 Å². The standard InChI is InChI=1S/C11H15N5O2/c1-2-18-11(17)9-10(12)16(7-15-9)4-3-8-5-13-6-14-8/h5-7H,2-4,12H2,1H3,(H,13,14). The number of nitrogens with one attached hydrogen (secondary N) is 1. The zero-order valence-corrected chi connectivity index (χ0v) is 10.1. The van der Waals surface area contributed by atoms with Crippen molar-refractivity contribution < 1.29 is 9.53 Å². The predicted octanol–water partition coefficient (Wildman–Crippen LogP) is 0.608. The highest BCUT2D eigenvalue weighted by Gasteiger charge is 2.16. The van der Waals surface area contributed by atoms with Gasteiger partial charge in [-0.25, -0.2) is 14.8 Å². The van der Waals surface area contributed by atoms with E-state index in [1.807, 2.05) is 0 Å². The molecule has 2 aromatic rings. The Morgan fingerprint density at radius 1 is 1.61 bits per heavy atom. The molecule has 0 amide bonds. The zero-order valence-electron chi connectivity index (χ0n) is 10.1. The molecule has 0 aromatic carbocycles. The monoisotopic (exact) mass is 249 g/mol. The second-order valence-electron chi connectivity index (χ2n) is 3.72. The molecule has 0 unspecified atom stereocenters. The Morgan fingerprint density at radius 3 is 3.11 bits per heavy atom. The number of imidazole rings is 2. The molecule has 0 fully saturated rings. The maximum Gasteiger partial charge on any atom is 0.360 e. The Morgan fingerprint density at radius 2 is 2.44 bits per heavy atom. The molecule has 0 aliphatic carbocycles. The minimum Gasteiger partial charge on any atom is -0.461 e. The van der Waals surface area contributed by atoms with E-state index in [1.54, 1.807) is 24.0 Å². The van der Waals surface area contributed by atoms with Gasteiger partial charge in [-0.1, -0.05) is 0 Å². The average Bonchev–Trinajstić information content (AvgIpc) is 2.96. The highest BCUT2D eigenvalue weighted by molar-refractivity contribution is 5.92. The first kappa shape index (κ1) is 12.2. The molecule has 7 nitrogen and oxygen atoms in total. The van der Waals surface area contributed by atoms with Crippen molar-refractivity contribution in [3.05, 3.63) is 30.2 Å². The molecule has 96 valence electrons. The van der Waals surface area contributed by atoms with Gasteiger partial charge in [0.2, 0.25) is 0 Å². The molecule has 2 aromatic heterocycles. The Bertz CT molecular complexity index is 518. The molecule has 2 rings (SSSR count). The van der Waals surface area contributed by atoms with Crippen molar-refractivity contribution in [1.29, 1.82) is 0 Å². The number of carbonyl (C=O) groups is 1. The summed E-state index contributed by atoms with van der Waals surface area (Å²) in [5, 5.41) is 0. The van der Waals surface area contributed by atoms with Crippen LogP contribution in [0.15, 0.2) is 18.9 Å². The average molecular weight is 249 g/mol. The van der Waals surface area contributed by atoms with Crippen molar-refractivity contribution >= 4 is 11.8 Å². The smallest absolute Gasteiger partial charge is 0.360 e. The first-order valence-electron chi connectivity index (χ1n) is 5.67. The van der Waals surface area contributed by atoms with E-state index in [9.17, 15) is 4.79 Å². The summed E-state index contributed by atoms with van der Waals surface area (Å²) in [6.07, 6.45) is 5.65. The van der Waals surface area contributed by atoms with Gasteiger partial charge in [-0.15, -0.1) is 0 Å². The van der Waals surface area contributed by atoms with Gasteiger partial charge in [0.15, 0.2) is 5.69 Å². The summed E-state index contributed by atoms with van der Waals surface area (Å²) in [6, 6.07) is 0. The predicted molar refractivity (Wildman–Crippen MR) is 64.9 cm³/mol. The first-order chi connectivity index (χ1) is 8.72. The molecule has 0 spiro atoms. The molecular formula is C11H15N5O2. The van der Waals surface area contributed by atoms with E-state index in [0.29, 0.717) is 19.0 Å². The maximum atomic E-state index is 11.5. The first-order valence-corrected chi connectivity index (χ1v) is 5.67. The molecule has 0 aliphatic rings. The van der Waals surface area contributed by atoms with Gasteiger partial charge >= 0.3 is 5.97 Å². The number of ether oxygens (including phenoxy) is 1. The van der Waals surface area contributed by atoms with Crippen LogP contribution in [0.3, 0.4) is 0 Å². The van der Waals surface area contributed by atoms with E-state index in [1.165, 1.54) is 6.33 Å². The van der Waals surface area contributed by atoms with Gasteiger partial charge in [0.05, 0.1) is 19.3 Å². The maximum absolute atomic E-state index is 11.5. The molecule has 18 heavy (non-hydrogen) atoms. The molecule has 0 radical (unpaired) electrons. The molecule has 7 heteroatoms. The molecule has 0 aliphatic heterocycles. The lowest BCUT2D eigenvalue weighted by molar-refractivity contribution is 0.0521. The minimum absolute atomic E-state index is 0.168. The lowest BCUT2D eigenvalue weighted by Crippen LogP contribution is -2.10. The molecule has 0 saturated carbocycles. The number of anilines is 1. The second-order valence-corrected chi connectivity index (χ2v) is 3.72. The van der Waals surface area contributed by atoms with Crippen LogP contribution in [0.2, 0.25) is 0 Å². The summed E-state index contributed by atoms with van der Waals surface area (Å²) in [5.74, 6) is -0.164. The molecule has 3 N–H and O–H groups in total. The fourth-order valence-corrected chi connectivity index (χ4v) is 1.59. The van der Waals surface area contributed by atoms with E-state index in [4.69, 9.17) is 10.5 Å². The van der Waals surface area contributed by atoms with E-state index < -0.39 is 5.97 Å². The third kappa shape index (κ3) is 2.50. The van der Waals surface area contributed by atoms with Crippen molar-refractivity contribution in [2.24, 2.45) is 0 Å². The molecule has 0 bridgehead atoms. The van der Waals surface area contributed by atoms with Crippen LogP contribution >= 0.6 is 0 Å². The Kier molecular flexibility index (Phi) is 3.61. The molecule has 0 atom stereocenters. The number of aryl methyl sites for hydroxylation is 2. The third-order valence-electron chi connectivity index (χ3n) is 2.52. The van der Waals surface area contributed by atoms with Crippen LogP contribution in [0.1, 0.15) is 23.1 Å². The number of rotatable bonds is 5. The lowest BCUT2D eigenvalue weighted by atomic mass is 10.3. The summed E-state index contributed by atoms with van der Waals surface area (Å²) in [7, 11) is 0. The fraction of sp³-hybridized carbons (Fsp3) is 0.364. The number of aromatic amines is 1. The quantitative estimate of drug-likeness (QED) is 0.756. The SMILES string of the molecule is CCOC(=O)c1ncn(CCc2cnc[nH]2)c1N. The topological polar surface area (TPSA) is 98.8 Å². The van der Waals surface area contributed by atoms with Crippen molar-refractivity contribution in [2.45, 2.75) is 19.9 Å². The van der Waals surface area contributed by atoms with Crippen LogP contribution < -0.4 is 5.73 Å². The van der Waals surface area contributed by atoms with Crippen LogP contribution in [0, 0.1) is 0 Å². The van der Waals surface area contributed by atoms with Gasteiger partial charge in [-0.2, -0.15) is 0 Å². The van der Waals surface area contributed by atoms with Gasteiger partial charge in [0.1, 0.15) is 5.82 Å². The van der Waals surface area contributed by atoms with Crippen LogP contribution in [-0.4, -0.2) is 32.1 Å². The van der Waals surface area contributed by atoms with Crippen molar-refractivity contribution in [3.8, 4) is 0 Å². The number of hydrogen-bond donors (Lipinski definition) is 2. The third-order valence-corrected chi connectivity index (χ3v) is 2.52. The van der Waals surface area contributed by atoms with E-state index in [-0.39, 0.29) is 5.69 Å². The van der Waals surface area contributed by atoms with Gasteiger partial charge in [0, 0.05) is 24.9 Å².